The summed E-state index contributed by atoms with van der Waals surface area (Å²) in [6.07, 6.45) is 1.87. The number of hydrogen-bond donors (Lipinski definition) is 1. The predicted octanol–water partition coefficient (Wildman–Crippen LogP) is 2.15. The molecule has 0 fully saturated rings. The number of nitrogens with zero attached hydrogens (tertiary/aromatic N) is 4. The molecule has 168 valence electrons. The third-order valence-electron chi connectivity index (χ3n) is 5.17. The van der Waals surface area contributed by atoms with Crippen LogP contribution in [0.1, 0.15) is 35.5 Å². The first kappa shape index (κ1) is 21.9. The van der Waals surface area contributed by atoms with E-state index in [9.17, 15) is 9.59 Å². The highest BCUT2D eigenvalue weighted by Crippen LogP contribution is 2.34. The lowest BCUT2D eigenvalue weighted by Crippen LogP contribution is -2.31. The average Bonchev–Trinajstić information content (AvgIpc) is 3.41. The summed E-state index contributed by atoms with van der Waals surface area (Å²) in [7, 11) is 0. The molecule has 0 aliphatic carbocycles. The van der Waals surface area contributed by atoms with Crippen LogP contribution in [0.15, 0.2) is 23.4 Å². The van der Waals surface area contributed by atoms with E-state index in [0.29, 0.717) is 33.7 Å². The van der Waals surface area contributed by atoms with Gasteiger partial charge in [-0.05, 0) is 44.7 Å². The van der Waals surface area contributed by atoms with Crippen molar-refractivity contribution in [3.8, 4) is 11.5 Å². The molecule has 1 aromatic carbocycles. The molecule has 2 aromatic heterocycles. The van der Waals surface area contributed by atoms with E-state index in [1.54, 1.807) is 10.6 Å². The molecule has 1 aliphatic rings. The van der Waals surface area contributed by atoms with E-state index in [0.717, 1.165) is 11.3 Å². The van der Waals surface area contributed by atoms with Crippen molar-refractivity contribution in [2.24, 2.45) is 0 Å². The molecule has 4 rings (SSSR count). The van der Waals surface area contributed by atoms with Crippen LogP contribution in [0.5, 0.6) is 11.5 Å². The fraction of sp³-hybridized carbons (Fsp3) is 0.381. The Hall–Kier alpha value is -3.34. The molecule has 0 spiro atoms. The summed E-state index contributed by atoms with van der Waals surface area (Å²) in [4.78, 5) is 33.4. The quantitative estimate of drug-likeness (QED) is 0.421. The average molecular weight is 458 g/mol. The Balaban J connectivity index is 1.34. The molecule has 10 nitrogen and oxygen atoms in total. The van der Waals surface area contributed by atoms with Gasteiger partial charge in [0.2, 0.25) is 11.9 Å². The Labute approximate surface area is 188 Å². The van der Waals surface area contributed by atoms with Crippen molar-refractivity contribution >= 4 is 29.4 Å². The van der Waals surface area contributed by atoms with Gasteiger partial charge in [-0.15, -0.1) is 5.10 Å². The van der Waals surface area contributed by atoms with Crippen molar-refractivity contribution in [1.29, 1.82) is 0 Å². The first-order chi connectivity index (χ1) is 15.4. The number of aromatic nitrogens is 4. The van der Waals surface area contributed by atoms with Crippen LogP contribution in [-0.4, -0.2) is 51.1 Å². The van der Waals surface area contributed by atoms with Gasteiger partial charge in [0, 0.05) is 17.0 Å². The molecule has 32 heavy (non-hydrogen) atoms. The number of thioether (sulfide) groups is 1. The molecular weight excluding hydrogens is 434 g/mol. The van der Waals surface area contributed by atoms with Gasteiger partial charge in [-0.3, -0.25) is 9.59 Å². The van der Waals surface area contributed by atoms with Gasteiger partial charge in [0.1, 0.15) is 0 Å². The number of amides is 1. The molecule has 0 saturated heterocycles. The van der Waals surface area contributed by atoms with Crippen molar-refractivity contribution in [1.82, 2.24) is 24.9 Å². The van der Waals surface area contributed by atoms with E-state index in [2.05, 4.69) is 20.4 Å². The Kier molecular flexibility index (Phi) is 6.17. The van der Waals surface area contributed by atoms with Crippen LogP contribution < -0.4 is 14.8 Å². The van der Waals surface area contributed by atoms with Crippen LogP contribution >= 0.6 is 11.8 Å². The molecular formula is C21H23N5O5S. The van der Waals surface area contributed by atoms with Gasteiger partial charge in [-0.1, -0.05) is 17.8 Å². The summed E-state index contributed by atoms with van der Waals surface area (Å²) in [5, 5.41) is 7.79. The van der Waals surface area contributed by atoms with Crippen molar-refractivity contribution in [2.45, 2.75) is 38.4 Å². The van der Waals surface area contributed by atoms with E-state index in [1.165, 1.54) is 11.8 Å². The van der Waals surface area contributed by atoms with E-state index in [-0.39, 0.29) is 25.9 Å². The minimum absolute atomic E-state index is 0.0138. The molecule has 1 aliphatic heterocycles. The summed E-state index contributed by atoms with van der Waals surface area (Å²) in [5.74, 6) is 0.886. The molecule has 11 heteroatoms. The number of hydrogen-bond acceptors (Lipinski definition) is 9. The highest BCUT2D eigenvalue weighted by molar-refractivity contribution is 7.98. The topological polar surface area (TPSA) is 117 Å². The first-order valence-electron chi connectivity index (χ1n) is 9.97. The van der Waals surface area contributed by atoms with Crippen molar-refractivity contribution in [2.75, 3.05) is 19.7 Å². The summed E-state index contributed by atoms with van der Waals surface area (Å²) in [6.45, 7) is 5.31. The maximum Gasteiger partial charge on any atom is 0.310 e. The zero-order valence-electron chi connectivity index (χ0n) is 18.2. The van der Waals surface area contributed by atoms with Crippen molar-refractivity contribution < 1.29 is 23.8 Å². The first-order valence-corrected chi connectivity index (χ1v) is 11.2. The molecule has 0 radical (unpaired) electrons. The SMILES string of the molecule is CSc1nc2nc(C)c(CC(=O)OCC(=O)N[C@@H](C)c3ccc4c(c3)OCO4)c(C)n2n1. The molecule has 0 unspecified atom stereocenters. The molecule has 0 saturated carbocycles. The minimum Gasteiger partial charge on any atom is -0.455 e. The fourth-order valence-corrected chi connectivity index (χ4v) is 3.76. The Morgan fingerprint density at radius 2 is 2.03 bits per heavy atom. The predicted molar refractivity (Wildman–Crippen MR) is 116 cm³/mol. The Morgan fingerprint density at radius 1 is 1.25 bits per heavy atom. The Bertz CT molecular complexity index is 1200. The van der Waals surface area contributed by atoms with E-state index in [4.69, 9.17) is 14.2 Å². The zero-order valence-corrected chi connectivity index (χ0v) is 19.0. The van der Waals surface area contributed by atoms with Crippen LogP contribution in [0, 0.1) is 13.8 Å². The summed E-state index contributed by atoms with van der Waals surface area (Å²) >= 11 is 1.42. The molecule has 1 atom stereocenters. The highest BCUT2D eigenvalue weighted by Gasteiger charge is 2.19. The van der Waals surface area contributed by atoms with Gasteiger partial charge < -0.3 is 19.5 Å². The third kappa shape index (κ3) is 4.47. The van der Waals surface area contributed by atoms with E-state index < -0.39 is 11.9 Å². The number of benzene rings is 1. The number of carbonyl (C=O) groups excluding carboxylic acids is 2. The normalized spacial score (nSPS) is 13.2. The van der Waals surface area contributed by atoms with Gasteiger partial charge in [0.25, 0.3) is 11.7 Å². The second-order valence-corrected chi connectivity index (χ2v) is 8.08. The largest absolute Gasteiger partial charge is 0.455 e. The number of carbonyl (C=O) groups is 2. The van der Waals surface area contributed by atoms with Crippen LogP contribution in [0.25, 0.3) is 5.78 Å². The van der Waals surface area contributed by atoms with Crippen molar-refractivity contribution in [3.63, 3.8) is 0 Å². The maximum atomic E-state index is 12.4. The smallest absolute Gasteiger partial charge is 0.310 e. The number of esters is 1. The maximum absolute atomic E-state index is 12.4. The van der Waals surface area contributed by atoms with Gasteiger partial charge >= 0.3 is 5.97 Å². The molecule has 0 bridgehead atoms. The summed E-state index contributed by atoms with van der Waals surface area (Å²) in [6, 6.07) is 5.18. The number of aryl methyl sites for hydroxylation is 2. The van der Waals surface area contributed by atoms with Crippen molar-refractivity contribution in [3.05, 3.63) is 40.7 Å². The van der Waals surface area contributed by atoms with Gasteiger partial charge in [-0.2, -0.15) is 4.98 Å². The molecule has 1 amide bonds. The van der Waals surface area contributed by atoms with Crippen LogP contribution in [0.4, 0.5) is 0 Å². The van der Waals surface area contributed by atoms with Crippen LogP contribution in [0.2, 0.25) is 0 Å². The monoisotopic (exact) mass is 457 g/mol. The lowest BCUT2D eigenvalue weighted by Gasteiger charge is -2.15. The fourth-order valence-electron chi connectivity index (χ4n) is 3.42. The number of ether oxygens (including phenoxy) is 3. The zero-order chi connectivity index (χ0) is 22.8. The lowest BCUT2D eigenvalue weighted by molar-refractivity contribution is -0.148. The number of fused-ring (bicyclic) bond motifs is 2. The standard InChI is InChI=1S/C21H23N5O5S/c1-11(14-5-6-16-17(7-14)31-10-30-16)22-18(27)9-29-19(28)8-15-12(2)23-20-24-21(32-4)25-26(20)13(15)3/h5-7,11H,8-10H2,1-4H3,(H,22,27)/t11-/m0/s1. The summed E-state index contributed by atoms with van der Waals surface area (Å²) < 4.78 is 17.5. The second-order valence-electron chi connectivity index (χ2n) is 7.31. The number of rotatable bonds is 7. The molecule has 3 aromatic rings. The lowest BCUT2D eigenvalue weighted by atomic mass is 10.1. The van der Waals surface area contributed by atoms with Crippen LogP contribution in [-0.2, 0) is 20.7 Å². The second kappa shape index (κ2) is 9.03. The summed E-state index contributed by atoms with van der Waals surface area (Å²) in [5.41, 5.74) is 3.00. The van der Waals surface area contributed by atoms with Gasteiger partial charge in [-0.25, -0.2) is 9.50 Å². The Morgan fingerprint density at radius 3 is 2.81 bits per heavy atom. The molecule has 3 heterocycles. The third-order valence-corrected chi connectivity index (χ3v) is 5.71. The minimum atomic E-state index is -0.520. The van der Waals surface area contributed by atoms with Crippen LogP contribution in [0.3, 0.4) is 0 Å². The van der Waals surface area contributed by atoms with Gasteiger partial charge in [0.15, 0.2) is 18.1 Å². The highest BCUT2D eigenvalue weighted by atomic mass is 32.2. The molecule has 1 N–H and O–H groups in total. The van der Waals surface area contributed by atoms with E-state index >= 15 is 0 Å². The van der Waals surface area contributed by atoms with E-state index in [1.807, 2.05) is 39.2 Å². The number of nitrogens with one attached hydrogen (secondary N) is 1. The van der Waals surface area contributed by atoms with Gasteiger partial charge in [0.05, 0.1) is 12.5 Å².